The van der Waals surface area contributed by atoms with Crippen molar-refractivity contribution in [3.8, 4) is 0 Å². The van der Waals surface area contributed by atoms with E-state index in [9.17, 15) is 14.4 Å². The van der Waals surface area contributed by atoms with Crippen LogP contribution in [0.25, 0.3) is 27.9 Å². The van der Waals surface area contributed by atoms with Gasteiger partial charge in [-0.3, -0.25) is 14.5 Å². The Bertz CT molecular complexity index is 1130. The topological polar surface area (TPSA) is 83.4 Å². The smallest absolute Gasteiger partial charge is 0.324 e. The molecule has 1 aliphatic rings. The lowest BCUT2D eigenvalue weighted by Gasteiger charge is -2.11. The molecule has 1 fully saturated rings. The van der Waals surface area contributed by atoms with Gasteiger partial charge >= 0.3 is 6.03 Å². The number of carbonyl (C=O) groups excluding carboxylic acids is 3. The molecule has 4 amide bonds. The van der Waals surface area contributed by atoms with E-state index in [2.05, 4.69) is 46.4 Å². The first-order valence-electron chi connectivity index (χ1n) is 9.63. The van der Waals surface area contributed by atoms with Crippen molar-refractivity contribution < 1.29 is 14.4 Å². The average Bonchev–Trinajstić information content (AvgIpc) is 3.23. The van der Waals surface area contributed by atoms with Crippen molar-refractivity contribution in [2.75, 3.05) is 19.6 Å². The molecule has 0 bridgehead atoms. The van der Waals surface area contributed by atoms with Gasteiger partial charge in [0.25, 0.3) is 0 Å². The van der Waals surface area contributed by atoms with Crippen molar-refractivity contribution in [3.05, 3.63) is 54.1 Å². The molecule has 7 nitrogen and oxygen atoms in total. The van der Waals surface area contributed by atoms with Crippen LogP contribution in [0.5, 0.6) is 0 Å². The molecular formula is C22H22N4O3. The van der Waals surface area contributed by atoms with Gasteiger partial charge < -0.3 is 15.2 Å². The van der Waals surface area contributed by atoms with Crippen molar-refractivity contribution in [2.45, 2.75) is 13.5 Å². The highest BCUT2D eigenvalue weighted by Gasteiger charge is 2.27. The fourth-order valence-electron chi connectivity index (χ4n) is 3.72. The maximum absolute atomic E-state index is 12.1. The second-order valence-corrected chi connectivity index (χ2v) is 6.87. The van der Waals surface area contributed by atoms with Crippen LogP contribution in [-0.2, 0) is 16.1 Å². The second kappa shape index (κ2) is 7.79. The fourth-order valence-corrected chi connectivity index (χ4v) is 3.72. The Labute approximate surface area is 168 Å². The van der Waals surface area contributed by atoms with E-state index in [0.717, 1.165) is 22.4 Å². The summed E-state index contributed by atoms with van der Waals surface area (Å²) in [6, 6.07) is 14.0. The zero-order valence-electron chi connectivity index (χ0n) is 16.1. The molecule has 0 saturated carbocycles. The molecule has 0 radical (unpaired) electrons. The molecule has 1 aromatic heterocycles. The molecular weight excluding hydrogens is 368 g/mol. The Morgan fingerprint density at radius 1 is 1.14 bits per heavy atom. The third-order valence-electron chi connectivity index (χ3n) is 5.11. The molecule has 2 heterocycles. The highest BCUT2D eigenvalue weighted by Crippen LogP contribution is 2.29. The van der Waals surface area contributed by atoms with Crippen molar-refractivity contribution >= 4 is 45.7 Å². The van der Waals surface area contributed by atoms with E-state index in [1.54, 1.807) is 6.08 Å². The lowest BCUT2D eigenvalue weighted by molar-refractivity contribution is -0.125. The normalized spacial score (nSPS) is 14.3. The zero-order chi connectivity index (χ0) is 20.4. The molecule has 1 saturated heterocycles. The molecule has 29 heavy (non-hydrogen) atoms. The van der Waals surface area contributed by atoms with Gasteiger partial charge in [0.2, 0.25) is 11.8 Å². The van der Waals surface area contributed by atoms with E-state index in [0.29, 0.717) is 0 Å². The van der Waals surface area contributed by atoms with Gasteiger partial charge in [0.1, 0.15) is 0 Å². The van der Waals surface area contributed by atoms with Crippen LogP contribution in [0.1, 0.15) is 12.5 Å². The van der Waals surface area contributed by atoms with Crippen LogP contribution in [0.4, 0.5) is 4.79 Å². The van der Waals surface area contributed by atoms with E-state index in [4.69, 9.17) is 0 Å². The monoisotopic (exact) mass is 390 g/mol. The first-order chi connectivity index (χ1) is 14.1. The summed E-state index contributed by atoms with van der Waals surface area (Å²) in [4.78, 5) is 36.1. The maximum Gasteiger partial charge on any atom is 0.324 e. The van der Waals surface area contributed by atoms with Crippen LogP contribution in [0.2, 0.25) is 0 Å². The van der Waals surface area contributed by atoms with Crippen LogP contribution in [-0.4, -0.2) is 46.9 Å². The predicted molar refractivity (Wildman–Crippen MR) is 112 cm³/mol. The highest BCUT2D eigenvalue weighted by molar-refractivity contribution is 6.08. The number of aromatic nitrogens is 1. The Balaban J connectivity index is 1.45. The van der Waals surface area contributed by atoms with Crippen molar-refractivity contribution in [1.82, 2.24) is 20.1 Å². The van der Waals surface area contributed by atoms with Crippen molar-refractivity contribution in [3.63, 3.8) is 0 Å². The number of urea groups is 1. The third kappa shape index (κ3) is 3.59. The Kier molecular flexibility index (Phi) is 5.03. The van der Waals surface area contributed by atoms with Crippen LogP contribution in [0, 0.1) is 0 Å². The highest BCUT2D eigenvalue weighted by atomic mass is 16.2. The van der Waals surface area contributed by atoms with Gasteiger partial charge in [-0.05, 0) is 36.8 Å². The number of benzene rings is 2. The molecule has 0 aliphatic carbocycles. The lowest BCUT2D eigenvalue weighted by atomic mass is 10.1. The first-order valence-corrected chi connectivity index (χ1v) is 9.63. The van der Waals surface area contributed by atoms with Crippen LogP contribution >= 0.6 is 0 Å². The number of rotatable bonds is 6. The van der Waals surface area contributed by atoms with E-state index in [1.807, 2.05) is 18.2 Å². The summed E-state index contributed by atoms with van der Waals surface area (Å²) in [6.45, 7) is 3.41. The van der Waals surface area contributed by atoms with Crippen molar-refractivity contribution in [1.29, 1.82) is 0 Å². The predicted octanol–water partition coefficient (Wildman–Crippen LogP) is 2.50. The number of fused-ring (bicyclic) bond motifs is 3. The van der Waals surface area contributed by atoms with Gasteiger partial charge in [0.15, 0.2) is 0 Å². The van der Waals surface area contributed by atoms with Crippen LogP contribution < -0.4 is 10.6 Å². The molecule has 0 unspecified atom stereocenters. The molecule has 4 rings (SSSR count). The fraction of sp³-hybridized carbons (Fsp3) is 0.227. The number of nitrogens with one attached hydrogen (secondary N) is 2. The molecule has 0 spiro atoms. The number of aryl methyl sites for hydroxylation is 1. The van der Waals surface area contributed by atoms with Gasteiger partial charge in [-0.2, -0.15) is 0 Å². The van der Waals surface area contributed by atoms with Crippen molar-refractivity contribution in [2.24, 2.45) is 0 Å². The van der Waals surface area contributed by atoms with Gasteiger partial charge in [0, 0.05) is 47.5 Å². The summed E-state index contributed by atoms with van der Waals surface area (Å²) in [6.07, 6.45) is 3.23. The minimum Gasteiger partial charge on any atom is -0.351 e. The molecule has 1 aliphatic heterocycles. The molecule has 7 heteroatoms. The molecule has 0 atom stereocenters. The summed E-state index contributed by atoms with van der Waals surface area (Å²) in [7, 11) is 0. The summed E-state index contributed by atoms with van der Waals surface area (Å²) in [5, 5.41) is 7.49. The number of amides is 4. The van der Waals surface area contributed by atoms with E-state index in [1.165, 1.54) is 22.5 Å². The lowest BCUT2D eigenvalue weighted by Crippen LogP contribution is -2.38. The van der Waals surface area contributed by atoms with Gasteiger partial charge in [-0.25, -0.2) is 4.79 Å². The maximum atomic E-state index is 12.1. The molecule has 2 N–H and O–H groups in total. The van der Waals surface area contributed by atoms with E-state index < -0.39 is 6.03 Å². The SMILES string of the molecule is CCn1c2ccccc2c2cc(/C=C/C(=O)NCCN3C(=O)CNC3=O)ccc21. The second-order valence-electron chi connectivity index (χ2n) is 6.87. The third-order valence-corrected chi connectivity index (χ3v) is 5.11. The number of hydrogen-bond acceptors (Lipinski definition) is 3. The molecule has 148 valence electrons. The van der Waals surface area contributed by atoms with Crippen LogP contribution in [0.15, 0.2) is 48.5 Å². The number of carbonyl (C=O) groups is 3. The first kappa shape index (κ1) is 18.7. The van der Waals surface area contributed by atoms with Crippen LogP contribution in [0.3, 0.4) is 0 Å². The van der Waals surface area contributed by atoms with Gasteiger partial charge in [-0.15, -0.1) is 0 Å². The minimum absolute atomic E-state index is 0.0175. The summed E-state index contributed by atoms with van der Waals surface area (Å²) in [5.41, 5.74) is 3.30. The minimum atomic E-state index is -0.417. The number of imide groups is 1. The summed E-state index contributed by atoms with van der Waals surface area (Å²) >= 11 is 0. The molecule has 2 aromatic carbocycles. The number of nitrogens with zero attached hydrogens (tertiary/aromatic N) is 2. The standard InChI is InChI=1S/C22H22N4O3/c1-2-25-18-6-4-3-5-16(18)17-13-15(7-9-19(17)25)8-10-20(27)23-11-12-26-21(28)14-24-22(26)29/h3-10,13H,2,11-12,14H2,1H3,(H,23,27)(H,24,29)/b10-8+. The summed E-state index contributed by atoms with van der Waals surface area (Å²) < 4.78 is 2.28. The Morgan fingerprint density at radius 3 is 2.69 bits per heavy atom. The van der Waals surface area contributed by atoms with E-state index in [-0.39, 0.29) is 31.4 Å². The number of hydrogen-bond donors (Lipinski definition) is 2. The Morgan fingerprint density at radius 2 is 1.93 bits per heavy atom. The van der Waals surface area contributed by atoms with Gasteiger partial charge in [-0.1, -0.05) is 24.3 Å². The van der Waals surface area contributed by atoms with E-state index >= 15 is 0 Å². The largest absolute Gasteiger partial charge is 0.351 e. The average molecular weight is 390 g/mol. The quantitative estimate of drug-likeness (QED) is 0.501. The Hall–Kier alpha value is -3.61. The van der Waals surface area contributed by atoms with Gasteiger partial charge in [0.05, 0.1) is 6.54 Å². The summed E-state index contributed by atoms with van der Waals surface area (Å²) in [5.74, 6) is -0.549. The molecule has 3 aromatic rings. The number of para-hydroxylation sites is 1. The zero-order valence-corrected chi connectivity index (χ0v) is 16.1.